The Bertz CT molecular complexity index is 672. The largest absolute Gasteiger partial charge is 0.508 e. The van der Waals surface area contributed by atoms with Gasteiger partial charge in [-0.25, -0.2) is 4.99 Å². The second-order valence-electron chi connectivity index (χ2n) is 5.51. The zero-order valence-electron chi connectivity index (χ0n) is 14.5. The van der Waals surface area contributed by atoms with Gasteiger partial charge in [0.25, 0.3) is 0 Å². The molecule has 0 aliphatic heterocycles. The van der Waals surface area contributed by atoms with Crippen LogP contribution in [0.5, 0.6) is 11.5 Å². The molecule has 2 rings (SSSR count). The van der Waals surface area contributed by atoms with Crippen LogP contribution in [0.1, 0.15) is 18.1 Å². The molecule has 0 amide bonds. The van der Waals surface area contributed by atoms with E-state index in [4.69, 9.17) is 4.74 Å². The molecule has 0 bridgehead atoms. The van der Waals surface area contributed by atoms with Gasteiger partial charge in [-0.1, -0.05) is 30.3 Å². The molecule has 24 heavy (non-hydrogen) atoms. The Morgan fingerprint density at radius 1 is 1.21 bits per heavy atom. The van der Waals surface area contributed by atoms with Crippen LogP contribution in [0.25, 0.3) is 0 Å². The third kappa shape index (κ3) is 4.91. The summed E-state index contributed by atoms with van der Waals surface area (Å²) in [6.07, 6.45) is 0. The van der Waals surface area contributed by atoms with E-state index in [0.717, 1.165) is 24.6 Å². The van der Waals surface area contributed by atoms with Crippen LogP contribution in [0, 0.1) is 0 Å². The van der Waals surface area contributed by atoms with Crippen LogP contribution in [-0.4, -0.2) is 36.7 Å². The van der Waals surface area contributed by atoms with Gasteiger partial charge in [0.05, 0.1) is 13.7 Å². The highest BCUT2D eigenvalue weighted by atomic mass is 16.5. The van der Waals surface area contributed by atoms with Crippen molar-refractivity contribution in [1.82, 2.24) is 10.2 Å². The first-order chi connectivity index (χ1) is 11.6. The lowest BCUT2D eigenvalue weighted by molar-refractivity contribution is 0.410. The molecule has 2 aromatic carbocycles. The maximum atomic E-state index is 9.99. The van der Waals surface area contributed by atoms with Crippen molar-refractivity contribution < 1.29 is 9.84 Å². The molecule has 0 aromatic heterocycles. The minimum Gasteiger partial charge on any atom is -0.508 e. The van der Waals surface area contributed by atoms with E-state index in [1.807, 2.05) is 32.2 Å². The predicted octanol–water partition coefficient (Wildman–Crippen LogP) is 3.00. The quantitative estimate of drug-likeness (QED) is 0.632. The summed E-state index contributed by atoms with van der Waals surface area (Å²) in [6.45, 7) is 3.96. The summed E-state index contributed by atoms with van der Waals surface area (Å²) < 4.78 is 5.20. The number of nitrogens with zero attached hydrogens (tertiary/aromatic N) is 2. The van der Waals surface area contributed by atoms with Gasteiger partial charge < -0.3 is 20.1 Å². The number of phenols is 1. The molecule has 0 aliphatic carbocycles. The molecule has 0 spiro atoms. The van der Waals surface area contributed by atoms with Crippen LogP contribution >= 0.6 is 0 Å². The van der Waals surface area contributed by atoms with Crippen LogP contribution in [0.4, 0.5) is 0 Å². The van der Waals surface area contributed by atoms with Crippen LogP contribution in [0.3, 0.4) is 0 Å². The van der Waals surface area contributed by atoms with Crippen molar-refractivity contribution in [3.05, 3.63) is 59.7 Å². The molecule has 0 saturated carbocycles. The average Bonchev–Trinajstić information content (AvgIpc) is 2.60. The molecule has 0 heterocycles. The van der Waals surface area contributed by atoms with Gasteiger partial charge in [0.2, 0.25) is 0 Å². The highest BCUT2D eigenvalue weighted by Gasteiger charge is 2.08. The summed E-state index contributed by atoms with van der Waals surface area (Å²) in [5.41, 5.74) is 1.95. The van der Waals surface area contributed by atoms with Crippen molar-refractivity contribution in [2.75, 3.05) is 20.7 Å². The smallest absolute Gasteiger partial charge is 0.194 e. The number of hydrogen-bond donors (Lipinski definition) is 2. The number of nitrogens with one attached hydrogen (secondary N) is 1. The first kappa shape index (κ1) is 17.7. The summed E-state index contributed by atoms with van der Waals surface area (Å²) in [4.78, 5) is 6.70. The molecule has 0 saturated heterocycles. The predicted molar refractivity (Wildman–Crippen MR) is 97.4 cm³/mol. The van der Waals surface area contributed by atoms with Gasteiger partial charge in [-0.15, -0.1) is 0 Å². The van der Waals surface area contributed by atoms with E-state index in [-0.39, 0.29) is 5.75 Å². The lowest BCUT2D eigenvalue weighted by Crippen LogP contribution is -2.38. The molecule has 0 fully saturated rings. The van der Waals surface area contributed by atoms with E-state index in [1.165, 1.54) is 5.56 Å². The van der Waals surface area contributed by atoms with Crippen LogP contribution in [-0.2, 0) is 13.1 Å². The molecule has 128 valence electrons. The number of methoxy groups -OCH3 is 1. The average molecular weight is 327 g/mol. The first-order valence-electron chi connectivity index (χ1n) is 8.03. The number of rotatable bonds is 6. The summed E-state index contributed by atoms with van der Waals surface area (Å²) in [5, 5.41) is 13.3. The molecule has 2 N–H and O–H groups in total. The van der Waals surface area contributed by atoms with Gasteiger partial charge in [0, 0.05) is 25.7 Å². The molecule has 0 radical (unpaired) electrons. The second-order valence-corrected chi connectivity index (χ2v) is 5.51. The highest BCUT2D eigenvalue weighted by molar-refractivity contribution is 5.79. The zero-order valence-corrected chi connectivity index (χ0v) is 14.5. The minimum absolute atomic E-state index is 0.223. The SMILES string of the molecule is CCNC(=NCc1cc(OC)ccc1O)N(C)Cc1ccccc1. The van der Waals surface area contributed by atoms with Crippen LogP contribution < -0.4 is 10.1 Å². The van der Waals surface area contributed by atoms with Crippen molar-refractivity contribution in [3.63, 3.8) is 0 Å². The van der Waals surface area contributed by atoms with Crippen molar-refractivity contribution in [2.24, 2.45) is 4.99 Å². The Balaban J connectivity index is 2.12. The fraction of sp³-hybridized carbons (Fsp3) is 0.316. The Labute approximate surface area is 143 Å². The van der Waals surface area contributed by atoms with E-state index in [1.54, 1.807) is 25.3 Å². The number of aromatic hydroxyl groups is 1. The maximum absolute atomic E-state index is 9.99. The lowest BCUT2D eigenvalue weighted by atomic mass is 10.2. The first-order valence-corrected chi connectivity index (χ1v) is 8.03. The number of hydrogen-bond acceptors (Lipinski definition) is 3. The molecule has 0 atom stereocenters. The van der Waals surface area contributed by atoms with Crippen molar-refractivity contribution in [3.8, 4) is 11.5 Å². The van der Waals surface area contributed by atoms with Crippen LogP contribution in [0.2, 0.25) is 0 Å². The summed E-state index contributed by atoms with van der Waals surface area (Å²) in [6, 6.07) is 15.4. The Morgan fingerprint density at radius 3 is 2.62 bits per heavy atom. The highest BCUT2D eigenvalue weighted by Crippen LogP contribution is 2.23. The van der Waals surface area contributed by atoms with Gasteiger partial charge in [-0.05, 0) is 30.7 Å². The number of guanidine groups is 1. The lowest BCUT2D eigenvalue weighted by Gasteiger charge is -2.22. The van der Waals surface area contributed by atoms with E-state index in [9.17, 15) is 5.11 Å². The molecular formula is C19H25N3O2. The summed E-state index contributed by atoms with van der Waals surface area (Å²) >= 11 is 0. The zero-order chi connectivity index (χ0) is 17.4. The fourth-order valence-corrected chi connectivity index (χ4v) is 2.38. The van der Waals surface area contributed by atoms with Gasteiger partial charge in [0.15, 0.2) is 5.96 Å². The Kier molecular flexibility index (Phi) is 6.49. The third-order valence-corrected chi connectivity index (χ3v) is 3.64. The normalized spacial score (nSPS) is 11.2. The Morgan fingerprint density at radius 2 is 1.96 bits per heavy atom. The van der Waals surface area contributed by atoms with Crippen molar-refractivity contribution in [1.29, 1.82) is 0 Å². The molecular weight excluding hydrogens is 302 g/mol. The molecule has 5 nitrogen and oxygen atoms in total. The van der Waals surface area contributed by atoms with Gasteiger partial charge in [0.1, 0.15) is 11.5 Å². The molecule has 2 aromatic rings. The third-order valence-electron chi connectivity index (χ3n) is 3.64. The minimum atomic E-state index is 0.223. The standard InChI is InChI=1S/C19H25N3O2/c1-4-20-19(22(2)14-15-8-6-5-7-9-15)21-13-16-12-17(24-3)10-11-18(16)23/h5-12,23H,4,13-14H2,1-3H3,(H,20,21). The van der Waals surface area contributed by atoms with Gasteiger partial charge in [-0.3, -0.25) is 0 Å². The van der Waals surface area contributed by atoms with Crippen molar-refractivity contribution >= 4 is 5.96 Å². The van der Waals surface area contributed by atoms with E-state index in [0.29, 0.717) is 12.3 Å². The molecule has 0 unspecified atom stereocenters. The Hall–Kier alpha value is -2.69. The number of benzene rings is 2. The van der Waals surface area contributed by atoms with Gasteiger partial charge >= 0.3 is 0 Å². The number of aliphatic imine (C=N–C) groups is 1. The van der Waals surface area contributed by atoms with E-state index in [2.05, 4.69) is 27.3 Å². The monoisotopic (exact) mass is 327 g/mol. The fourth-order valence-electron chi connectivity index (χ4n) is 2.38. The molecule has 0 aliphatic rings. The van der Waals surface area contributed by atoms with Crippen LogP contribution in [0.15, 0.2) is 53.5 Å². The van der Waals surface area contributed by atoms with Gasteiger partial charge in [-0.2, -0.15) is 0 Å². The summed E-state index contributed by atoms with van der Waals surface area (Å²) in [5.74, 6) is 1.73. The topological polar surface area (TPSA) is 57.1 Å². The van der Waals surface area contributed by atoms with E-state index < -0.39 is 0 Å². The number of phenolic OH excluding ortho intramolecular Hbond substituents is 1. The number of ether oxygens (including phenoxy) is 1. The summed E-state index contributed by atoms with van der Waals surface area (Å²) in [7, 11) is 3.61. The second kappa shape index (κ2) is 8.82. The van der Waals surface area contributed by atoms with E-state index >= 15 is 0 Å². The van der Waals surface area contributed by atoms with Crippen molar-refractivity contribution in [2.45, 2.75) is 20.0 Å². The maximum Gasteiger partial charge on any atom is 0.194 e. The molecule has 5 heteroatoms.